The Labute approximate surface area is 115 Å². The molecule has 1 aromatic rings. The highest BCUT2D eigenvalue weighted by Gasteiger charge is 2.41. The summed E-state index contributed by atoms with van der Waals surface area (Å²) in [6.07, 6.45) is -2.25. The van der Waals surface area contributed by atoms with Crippen LogP contribution < -0.4 is 11.1 Å². The summed E-state index contributed by atoms with van der Waals surface area (Å²) >= 11 is 0. The van der Waals surface area contributed by atoms with Crippen molar-refractivity contribution in [1.29, 1.82) is 0 Å². The molecule has 110 valence electrons. The Hall–Kier alpha value is -1.56. The molecule has 0 aromatic heterocycles. The van der Waals surface area contributed by atoms with Gasteiger partial charge in [-0.15, -0.1) is 0 Å². The van der Waals surface area contributed by atoms with Gasteiger partial charge in [0.05, 0.1) is 17.1 Å². The second-order valence-electron chi connectivity index (χ2n) is 5.29. The van der Waals surface area contributed by atoms with Crippen LogP contribution in [0.3, 0.4) is 0 Å². The second kappa shape index (κ2) is 5.09. The number of nitrogens with two attached hydrogens (primary N) is 1. The van der Waals surface area contributed by atoms with Crippen LogP contribution in [0.2, 0.25) is 0 Å². The Morgan fingerprint density at radius 1 is 1.40 bits per heavy atom. The number of amides is 1. The van der Waals surface area contributed by atoms with Gasteiger partial charge < -0.3 is 11.1 Å². The second-order valence-corrected chi connectivity index (χ2v) is 5.29. The van der Waals surface area contributed by atoms with Crippen molar-refractivity contribution in [3.8, 4) is 0 Å². The van der Waals surface area contributed by atoms with Gasteiger partial charge >= 0.3 is 6.18 Å². The molecule has 1 amide bonds. The summed E-state index contributed by atoms with van der Waals surface area (Å²) in [7, 11) is 0. The molecule has 1 saturated carbocycles. The minimum Gasteiger partial charge on any atom is -0.345 e. The molecule has 0 aliphatic heterocycles. The first kappa shape index (κ1) is 14.8. The average Bonchev–Trinajstić information content (AvgIpc) is 2.32. The van der Waals surface area contributed by atoms with Crippen LogP contribution in [0.1, 0.15) is 37.3 Å². The number of benzene rings is 1. The van der Waals surface area contributed by atoms with Crippen molar-refractivity contribution in [1.82, 2.24) is 5.32 Å². The van der Waals surface area contributed by atoms with Crippen molar-refractivity contribution in [2.75, 3.05) is 0 Å². The third kappa shape index (κ3) is 2.80. The number of alkyl halides is 3. The van der Waals surface area contributed by atoms with E-state index in [1.165, 1.54) is 6.07 Å². The van der Waals surface area contributed by atoms with Crippen LogP contribution in [0.15, 0.2) is 24.3 Å². The van der Waals surface area contributed by atoms with Crippen molar-refractivity contribution in [3.05, 3.63) is 35.4 Å². The van der Waals surface area contributed by atoms with Gasteiger partial charge in [-0.1, -0.05) is 12.1 Å². The number of halogens is 3. The molecule has 0 spiro atoms. The first-order chi connectivity index (χ1) is 9.24. The first-order valence-electron chi connectivity index (χ1n) is 6.50. The molecule has 0 bridgehead atoms. The lowest BCUT2D eigenvalue weighted by molar-refractivity contribution is -0.137. The van der Waals surface area contributed by atoms with Crippen LogP contribution >= 0.6 is 0 Å². The molecule has 0 unspecified atom stereocenters. The van der Waals surface area contributed by atoms with E-state index in [-0.39, 0.29) is 5.91 Å². The molecular weight excluding hydrogens is 269 g/mol. The molecule has 1 fully saturated rings. The normalized spacial score (nSPS) is 19.1. The highest BCUT2D eigenvalue weighted by Crippen LogP contribution is 2.42. The summed E-state index contributed by atoms with van der Waals surface area (Å²) in [6.45, 7) is 1.55. The van der Waals surface area contributed by atoms with Gasteiger partial charge in [0.2, 0.25) is 5.91 Å². The van der Waals surface area contributed by atoms with Gasteiger partial charge in [0.15, 0.2) is 0 Å². The molecule has 1 aliphatic carbocycles. The molecule has 20 heavy (non-hydrogen) atoms. The summed E-state index contributed by atoms with van der Waals surface area (Å²) < 4.78 is 38.3. The maximum atomic E-state index is 12.8. The van der Waals surface area contributed by atoms with Gasteiger partial charge in [0, 0.05) is 0 Å². The van der Waals surface area contributed by atoms with Gasteiger partial charge in [-0.2, -0.15) is 13.2 Å². The van der Waals surface area contributed by atoms with Crippen molar-refractivity contribution >= 4 is 5.91 Å². The fourth-order valence-corrected chi connectivity index (χ4v) is 2.36. The van der Waals surface area contributed by atoms with Gasteiger partial charge in [0.1, 0.15) is 0 Å². The Morgan fingerprint density at radius 3 is 2.50 bits per heavy atom. The van der Waals surface area contributed by atoms with Gasteiger partial charge in [-0.05, 0) is 43.9 Å². The minimum atomic E-state index is -4.38. The summed E-state index contributed by atoms with van der Waals surface area (Å²) in [5, 5.41) is 2.79. The number of carbonyl (C=O) groups excluding carboxylic acids is 1. The number of hydrogen-bond acceptors (Lipinski definition) is 2. The molecule has 0 saturated heterocycles. The zero-order chi connectivity index (χ0) is 15.0. The summed E-state index contributed by atoms with van der Waals surface area (Å²) in [4.78, 5) is 11.7. The molecule has 0 heterocycles. The van der Waals surface area contributed by atoms with Crippen LogP contribution in [0.25, 0.3) is 0 Å². The van der Waals surface area contributed by atoms with E-state index in [1.807, 2.05) is 0 Å². The third-order valence-electron chi connectivity index (χ3n) is 3.73. The van der Waals surface area contributed by atoms with Crippen molar-refractivity contribution < 1.29 is 18.0 Å². The van der Waals surface area contributed by atoms with E-state index in [4.69, 9.17) is 5.73 Å². The fraction of sp³-hybridized carbons (Fsp3) is 0.500. The van der Waals surface area contributed by atoms with Crippen LogP contribution in [-0.4, -0.2) is 11.9 Å². The van der Waals surface area contributed by atoms with Gasteiger partial charge in [-0.3, -0.25) is 4.79 Å². The molecule has 1 atom stereocenters. The molecule has 0 radical (unpaired) electrons. The topological polar surface area (TPSA) is 55.1 Å². The molecular formula is C14H17F3N2O. The van der Waals surface area contributed by atoms with Crippen LogP contribution in [0, 0.1) is 0 Å². The SMILES string of the molecule is C[C@H](N)C(=O)NC1(c2cccc(C(F)(F)F)c2)CCC1. The van der Waals surface area contributed by atoms with Crippen molar-refractivity contribution in [2.24, 2.45) is 5.73 Å². The summed E-state index contributed by atoms with van der Waals surface area (Å²) in [5.41, 5.74) is 4.60. The predicted octanol–water partition coefficient (Wildman–Crippen LogP) is 2.55. The van der Waals surface area contributed by atoms with E-state index in [1.54, 1.807) is 13.0 Å². The number of hydrogen-bond donors (Lipinski definition) is 2. The van der Waals surface area contributed by atoms with E-state index >= 15 is 0 Å². The maximum Gasteiger partial charge on any atom is 0.416 e. The van der Waals surface area contributed by atoms with Crippen molar-refractivity contribution in [2.45, 2.75) is 43.9 Å². The van der Waals surface area contributed by atoms with Crippen LogP contribution in [0.4, 0.5) is 13.2 Å². The molecule has 3 N–H and O–H groups in total. The Bertz CT molecular complexity index is 507. The highest BCUT2D eigenvalue weighted by atomic mass is 19.4. The first-order valence-corrected chi connectivity index (χ1v) is 6.50. The number of rotatable bonds is 3. The third-order valence-corrected chi connectivity index (χ3v) is 3.73. The zero-order valence-corrected chi connectivity index (χ0v) is 11.1. The lowest BCUT2D eigenvalue weighted by atomic mass is 9.71. The highest BCUT2D eigenvalue weighted by molar-refractivity contribution is 5.82. The van der Waals surface area contributed by atoms with E-state index in [0.29, 0.717) is 18.4 Å². The molecule has 3 nitrogen and oxygen atoms in total. The average molecular weight is 286 g/mol. The Morgan fingerprint density at radius 2 is 2.05 bits per heavy atom. The van der Waals surface area contributed by atoms with Crippen molar-refractivity contribution in [3.63, 3.8) is 0 Å². The van der Waals surface area contributed by atoms with Crippen LogP contribution in [-0.2, 0) is 16.5 Å². The summed E-state index contributed by atoms with van der Waals surface area (Å²) in [5.74, 6) is -0.345. The minimum absolute atomic E-state index is 0.345. The van der Waals surface area contributed by atoms with Gasteiger partial charge in [-0.25, -0.2) is 0 Å². The predicted molar refractivity (Wildman–Crippen MR) is 68.8 cm³/mol. The smallest absolute Gasteiger partial charge is 0.345 e. The standard InChI is InChI=1S/C14H17F3N2O/c1-9(18)12(20)19-13(6-3-7-13)10-4-2-5-11(8-10)14(15,16)17/h2,4-5,8-9H,3,6-7,18H2,1H3,(H,19,20)/t9-/m0/s1. The summed E-state index contributed by atoms with van der Waals surface area (Å²) in [6, 6.07) is 4.45. The quantitative estimate of drug-likeness (QED) is 0.897. The lowest BCUT2D eigenvalue weighted by Gasteiger charge is -2.43. The molecule has 2 rings (SSSR count). The largest absolute Gasteiger partial charge is 0.416 e. The fourth-order valence-electron chi connectivity index (χ4n) is 2.36. The Kier molecular flexibility index (Phi) is 3.77. The number of nitrogens with one attached hydrogen (secondary N) is 1. The molecule has 1 aliphatic rings. The van der Waals surface area contributed by atoms with E-state index in [2.05, 4.69) is 5.32 Å². The number of carbonyl (C=O) groups is 1. The van der Waals surface area contributed by atoms with Gasteiger partial charge in [0.25, 0.3) is 0 Å². The Balaban J connectivity index is 2.30. The monoisotopic (exact) mass is 286 g/mol. The maximum absolute atomic E-state index is 12.8. The lowest BCUT2D eigenvalue weighted by Crippen LogP contribution is -2.54. The van der Waals surface area contributed by atoms with E-state index < -0.39 is 23.3 Å². The van der Waals surface area contributed by atoms with E-state index in [9.17, 15) is 18.0 Å². The molecule has 1 aromatic carbocycles. The van der Waals surface area contributed by atoms with E-state index in [0.717, 1.165) is 18.6 Å². The molecule has 6 heteroatoms. The zero-order valence-electron chi connectivity index (χ0n) is 11.1. The van der Waals surface area contributed by atoms with Crippen LogP contribution in [0.5, 0.6) is 0 Å².